The molecule has 94 valence electrons. The van der Waals surface area contributed by atoms with E-state index in [9.17, 15) is 4.79 Å². The first kappa shape index (κ1) is 12.9. The maximum atomic E-state index is 11.9. The van der Waals surface area contributed by atoms with Crippen molar-refractivity contribution in [3.63, 3.8) is 0 Å². The Morgan fingerprint density at radius 2 is 2.39 bits per heavy atom. The normalized spacial score (nSPS) is 10.3. The number of hydrogen-bond donors (Lipinski definition) is 2. The summed E-state index contributed by atoms with van der Waals surface area (Å²) in [6, 6.07) is 3.24. The van der Waals surface area contributed by atoms with Crippen LogP contribution in [0, 0.1) is 0 Å². The van der Waals surface area contributed by atoms with Crippen molar-refractivity contribution in [2.45, 2.75) is 6.42 Å². The molecule has 0 spiro atoms. The molecular weight excluding hydrogens is 272 g/mol. The molecule has 0 aliphatic rings. The molecule has 0 aliphatic carbocycles. The highest BCUT2D eigenvalue weighted by atomic mass is 35.5. The van der Waals surface area contributed by atoms with Crippen molar-refractivity contribution < 1.29 is 4.79 Å². The lowest BCUT2D eigenvalue weighted by Gasteiger charge is -2.02. The zero-order valence-corrected chi connectivity index (χ0v) is 11.0. The molecule has 3 N–H and O–H groups in total. The van der Waals surface area contributed by atoms with Crippen LogP contribution in [0.2, 0.25) is 5.15 Å². The van der Waals surface area contributed by atoms with Crippen molar-refractivity contribution in [2.24, 2.45) is 5.73 Å². The van der Waals surface area contributed by atoms with Gasteiger partial charge in [-0.25, -0.2) is 9.97 Å². The maximum absolute atomic E-state index is 11.9. The fourth-order valence-corrected chi connectivity index (χ4v) is 2.30. The van der Waals surface area contributed by atoms with Crippen molar-refractivity contribution in [2.75, 3.05) is 11.9 Å². The van der Waals surface area contributed by atoms with Gasteiger partial charge in [-0.1, -0.05) is 11.6 Å². The number of nitrogens with zero attached hydrogens (tertiary/aromatic N) is 2. The van der Waals surface area contributed by atoms with Gasteiger partial charge in [0.05, 0.1) is 5.01 Å². The van der Waals surface area contributed by atoms with Gasteiger partial charge < -0.3 is 11.1 Å². The summed E-state index contributed by atoms with van der Waals surface area (Å²) in [5, 5.41) is 5.60. The summed E-state index contributed by atoms with van der Waals surface area (Å²) in [6.45, 7) is 0.522. The SMILES string of the molecule is NCCc1nc(C(=O)Nc2ccnc(Cl)c2)cs1. The molecule has 1 amide bonds. The predicted octanol–water partition coefficient (Wildman–Crippen LogP) is 1.94. The topological polar surface area (TPSA) is 80.9 Å². The van der Waals surface area contributed by atoms with Crippen molar-refractivity contribution in [1.82, 2.24) is 9.97 Å². The van der Waals surface area contributed by atoms with Crippen LogP contribution >= 0.6 is 22.9 Å². The molecule has 0 fully saturated rings. The zero-order chi connectivity index (χ0) is 13.0. The van der Waals surface area contributed by atoms with Crippen LogP contribution in [-0.4, -0.2) is 22.4 Å². The van der Waals surface area contributed by atoms with Gasteiger partial charge in [-0.2, -0.15) is 0 Å². The van der Waals surface area contributed by atoms with Crippen LogP contribution in [0.3, 0.4) is 0 Å². The summed E-state index contributed by atoms with van der Waals surface area (Å²) in [4.78, 5) is 19.9. The third-order valence-corrected chi connectivity index (χ3v) is 3.24. The Bertz CT molecular complexity index is 557. The number of anilines is 1. The van der Waals surface area contributed by atoms with Crippen molar-refractivity contribution in [3.05, 3.63) is 39.6 Å². The van der Waals surface area contributed by atoms with Gasteiger partial charge in [0.25, 0.3) is 5.91 Å². The number of pyridine rings is 1. The van der Waals surface area contributed by atoms with E-state index in [4.69, 9.17) is 17.3 Å². The van der Waals surface area contributed by atoms with Gasteiger partial charge in [0, 0.05) is 23.7 Å². The fourth-order valence-electron chi connectivity index (χ4n) is 1.33. The molecule has 2 aromatic rings. The number of rotatable bonds is 4. The Balaban J connectivity index is 2.07. The van der Waals surface area contributed by atoms with Crippen LogP contribution in [-0.2, 0) is 6.42 Å². The van der Waals surface area contributed by atoms with Crippen LogP contribution in [0.1, 0.15) is 15.5 Å². The number of halogens is 1. The van der Waals surface area contributed by atoms with E-state index >= 15 is 0 Å². The summed E-state index contributed by atoms with van der Waals surface area (Å²) >= 11 is 7.16. The molecule has 7 heteroatoms. The molecule has 0 aromatic carbocycles. The molecule has 0 aliphatic heterocycles. The molecule has 0 radical (unpaired) electrons. The fraction of sp³-hybridized carbons (Fsp3) is 0.182. The number of aromatic nitrogens is 2. The number of hydrogen-bond acceptors (Lipinski definition) is 5. The summed E-state index contributed by atoms with van der Waals surface area (Å²) in [5.74, 6) is -0.267. The van der Waals surface area contributed by atoms with Crippen molar-refractivity contribution in [3.8, 4) is 0 Å². The molecule has 2 rings (SSSR count). The standard InChI is InChI=1S/C11H11ClN4OS/c12-9-5-7(2-4-14-9)15-11(17)8-6-18-10(16-8)1-3-13/h2,4-6H,1,3,13H2,(H,14,15,17). The summed E-state index contributed by atoms with van der Waals surface area (Å²) < 4.78 is 0. The van der Waals surface area contributed by atoms with Gasteiger partial charge in [-0.05, 0) is 18.7 Å². The Hall–Kier alpha value is -1.50. The monoisotopic (exact) mass is 282 g/mol. The molecule has 0 saturated carbocycles. The molecule has 0 atom stereocenters. The molecule has 0 unspecified atom stereocenters. The molecule has 0 bridgehead atoms. The molecular formula is C11H11ClN4OS. The average molecular weight is 283 g/mol. The Morgan fingerprint density at radius 1 is 1.56 bits per heavy atom. The van der Waals surface area contributed by atoms with E-state index in [1.54, 1.807) is 17.5 Å². The largest absolute Gasteiger partial charge is 0.330 e. The minimum atomic E-state index is -0.267. The van der Waals surface area contributed by atoms with Gasteiger partial charge in [0.2, 0.25) is 0 Å². The van der Waals surface area contributed by atoms with E-state index in [2.05, 4.69) is 15.3 Å². The summed E-state index contributed by atoms with van der Waals surface area (Å²) in [7, 11) is 0. The van der Waals surface area contributed by atoms with E-state index in [0.29, 0.717) is 29.5 Å². The van der Waals surface area contributed by atoms with Gasteiger partial charge in [0.15, 0.2) is 0 Å². The van der Waals surface area contributed by atoms with Gasteiger partial charge in [0.1, 0.15) is 10.8 Å². The third kappa shape index (κ3) is 3.25. The second kappa shape index (κ2) is 5.90. The van der Waals surface area contributed by atoms with Crippen molar-refractivity contribution in [1.29, 1.82) is 0 Å². The van der Waals surface area contributed by atoms with Gasteiger partial charge in [-0.15, -0.1) is 11.3 Å². The lowest BCUT2D eigenvalue weighted by atomic mass is 10.3. The number of amides is 1. The van der Waals surface area contributed by atoms with Crippen LogP contribution < -0.4 is 11.1 Å². The lowest BCUT2D eigenvalue weighted by molar-refractivity contribution is 0.102. The van der Waals surface area contributed by atoms with Crippen LogP contribution in [0.15, 0.2) is 23.7 Å². The Kier molecular flexibility index (Phi) is 4.24. The van der Waals surface area contributed by atoms with E-state index in [1.165, 1.54) is 17.5 Å². The number of thiazole rings is 1. The van der Waals surface area contributed by atoms with E-state index < -0.39 is 0 Å². The van der Waals surface area contributed by atoms with Crippen LogP contribution in [0.5, 0.6) is 0 Å². The average Bonchev–Trinajstić information content (AvgIpc) is 2.78. The third-order valence-electron chi connectivity index (χ3n) is 2.13. The zero-order valence-electron chi connectivity index (χ0n) is 9.39. The van der Waals surface area contributed by atoms with E-state index in [1.807, 2.05) is 0 Å². The molecule has 0 saturated heterocycles. The quantitative estimate of drug-likeness (QED) is 0.840. The number of nitrogens with two attached hydrogens (primary N) is 1. The number of carbonyl (C=O) groups excluding carboxylic acids is 1. The number of nitrogens with one attached hydrogen (secondary N) is 1. The highest BCUT2D eigenvalue weighted by Crippen LogP contribution is 2.15. The summed E-state index contributed by atoms with van der Waals surface area (Å²) in [5.41, 5.74) is 6.41. The molecule has 5 nitrogen and oxygen atoms in total. The Morgan fingerprint density at radius 3 is 3.11 bits per heavy atom. The summed E-state index contributed by atoms with van der Waals surface area (Å²) in [6.07, 6.45) is 2.21. The minimum absolute atomic E-state index is 0.267. The van der Waals surface area contributed by atoms with E-state index in [0.717, 1.165) is 5.01 Å². The first-order chi connectivity index (χ1) is 8.69. The number of carbonyl (C=O) groups is 1. The first-order valence-corrected chi connectivity index (χ1v) is 6.52. The van der Waals surface area contributed by atoms with E-state index in [-0.39, 0.29) is 5.91 Å². The van der Waals surface area contributed by atoms with Crippen molar-refractivity contribution >= 4 is 34.5 Å². The maximum Gasteiger partial charge on any atom is 0.275 e. The van der Waals surface area contributed by atoms with Gasteiger partial charge >= 0.3 is 0 Å². The smallest absolute Gasteiger partial charge is 0.275 e. The highest BCUT2D eigenvalue weighted by Gasteiger charge is 2.10. The lowest BCUT2D eigenvalue weighted by Crippen LogP contribution is -2.12. The molecule has 2 aromatic heterocycles. The van der Waals surface area contributed by atoms with Gasteiger partial charge in [-0.3, -0.25) is 4.79 Å². The molecule has 2 heterocycles. The van der Waals surface area contributed by atoms with Crippen LogP contribution in [0.4, 0.5) is 5.69 Å². The highest BCUT2D eigenvalue weighted by molar-refractivity contribution is 7.09. The second-order valence-corrected chi connectivity index (χ2v) is 4.82. The van der Waals surface area contributed by atoms with Crippen LogP contribution in [0.25, 0.3) is 0 Å². The second-order valence-electron chi connectivity index (χ2n) is 3.49. The molecule has 18 heavy (non-hydrogen) atoms. The first-order valence-electron chi connectivity index (χ1n) is 5.26. The Labute approximate surface area is 113 Å². The predicted molar refractivity (Wildman–Crippen MR) is 72.1 cm³/mol. The minimum Gasteiger partial charge on any atom is -0.330 e.